The molecule has 3 aromatic heterocycles. The molecule has 0 radical (unpaired) electrons. The van der Waals surface area contributed by atoms with Crippen LogP contribution in [0.1, 0.15) is 12.5 Å². The predicted octanol–water partition coefficient (Wildman–Crippen LogP) is 4.86. The van der Waals surface area contributed by atoms with E-state index in [1.165, 1.54) is 23.1 Å². The number of aromatic nitrogens is 2. The molecule has 1 unspecified atom stereocenters. The maximum Gasteiger partial charge on any atom is 0.263 e. The molecule has 0 aliphatic rings. The second-order valence-electron chi connectivity index (χ2n) is 7.01. The van der Waals surface area contributed by atoms with Gasteiger partial charge in [0.15, 0.2) is 5.16 Å². The summed E-state index contributed by atoms with van der Waals surface area (Å²) in [5, 5.41) is 4.84. The number of rotatable bonds is 6. The summed E-state index contributed by atoms with van der Waals surface area (Å²) in [6.45, 7) is 2.40. The lowest BCUT2D eigenvalue weighted by atomic mass is 10.2. The van der Waals surface area contributed by atoms with E-state index < -0.39 is 0 Å². The van der Waals surface area contributed by atoms with E-state index in [0.717, 1.165) is 16.0 Å². The van der Waals surface area contributed by atoms with Gasteiger partial charge in [-0.25, -0.2) is 4.98 Å². The van der Waals surface area contributed by atoms with Crippen molar-refractivity contribution in [3.63, 3.8) is 0 Å². The molecule has 0 fully saturated rings. The van der Waals surface area contributed by atoms with Crippen molar-refractivity contribution in [3.8, 4) is 10.4 Å². The third kappa shape index (κ3) is 4.08. The number of carbonyl (C=O) groups excluding carboxylic acids is 1. The van der Waals surface area contributed by atoms with Gasteiger partial charge in [0.1, 0.15) is 4.83 Å². The van der Waals surface area contributed by atoms with Crippen LogP contribution in [0.5, 0.6) is 0 Å². The molecule has 0 saturated carbocycles. The highest BCUT2D eigenvalue weighted by molar-refractivity contribution is 8.00. The standard InChI is InChI=1S/C22H21N3O2S3/c1-14(20(26)24(2)12-15-8-5-4-6-9-15)30-22-23-19-18(21(27)25(22)3)16(13-29-19)17-10-7-11-28-17/h4-11,13-14H,12H2,1-3H3. The number of thioether (sulfide) groups is 1. The summed E-state index contributed by atoms with van der Waals surface area (Å²) in [7, 11) is 3.52. The Morgan fingerprint density at radius 1 is 1.20 bits per heavy atom. The van der Waals surface area contributed by atoms with Crippen molar-refractivity contribution >= 4 is 50.6 Å². The van der Waals surface area contributed by atoms with Gasteiger partial charge >= 0.3 is 0 Å². The molecule has 1 aromatic carbocycles. The topological polar surface area (TPSA) is 55.2 Å². The zero-order valence-corrected chi connectivity index (χ0v) is 19.3. The number of hydrogen-bond acceptors (Lipinski definition) is 6. The highest BCUT2D eigenvalue weighted by atomic mass is 32.2. The van der Waals surface area contributed by atoms with Crippen LogP contribution in [-0.2, 0) is 18.4 Å². The van der Waals surface area contributed by atoms with Gasteiger partial charge in [-0.2, -0.15) is 0 Å². The fraction of sp³-hybridized carbons (Fsp3) is 0.227. The molecule has 5 nitrogen and oxygen atoms in total. The minimum Gasteiger partial charge on any atom is -0.340 e. The first-order chi connectivity index (χ1) is 14.5. The van der Waals surface area contributed by atoms with Gasteiger partial charge in [-0.15, -0.1) is 22.7 Å². The number of nitrogens with zero attached hydrogens (tertiary/aromatic N) is 3. The lowest BCUT2D eigenvalue weighted by molar-refractivity contribution is -0.129. The summed E-state index contributed by atoms with van der Waals surface area (Å²) in [6, 6.07) is 13.9. The molecule has 1 amide bonds. The van der Waals surface area contributed by atoms with Crippen molar-refractivity contribution in [1.29, 1.82) is 0 Å². The Hall–Kier alpha value is -2.42. The smallest absolute Gasteiger partial charge is 0.263 e. The van der Waals surface area contributed by atoms with Gasteiger partial charge < -0.3 is 4.90 Å². The molecule has 0 aliphatic carbocycles. The average Bonchev–Trinajstić information content (AvgIpc) is 3.41. The van der Waals surface area contributed by atoms with Gasteiger partial charge in [-0.1, -0.05) is 48.2 Å². The van der Waals surface area contributed by atoms with Crippen LogP contribution < -0.4 is 5.56 Å². The number of benzene rings is 1. The molecule has 0 N–H and O–H groups in total. The van der Waals surface area contributed by atoms with Crippen LogP contribution in [0, 0.1) is 0 Å². The number of thiophene rings is 2. The third-order valence-corrected chi connectivity index (χ3v) is 7.74. The van der Waals surface area contributed by atoms with Gasteiger partial charge in [0.25, 0.3) is 5.56 Å². The SMILES string of the molecule is CC(Sc1nc2scc(-c3cccs3)c2c(=O)n1C)C(=O)N(C)Cc1ccccc1. The largest absolute Gasteiger partial charge is 0.340 e. The third-order valence-electron chi connectivity index (χ3n) is 4.83. The molecule has 4 rings (SSSR count). The molecule has 30 heavy (non-hydrogen) atoms. The lowest BCUT2D eigenvalue weighted by Gasteiger charge is -2.21. The Morgan fingerprint density at radius 2 is 1.97 bits per heavy atom. The van der Waals surface area contributed by atoms with Crippen LogP contribution >= 0.6 is 34.4 Å². The van der Waals surface area contributed by atoms with Gasteiger partial charge in [0, 0.05) is 36.5 Å². The predicted molar refractivity (Wildman–Crippen MR) is 126 cm³/mol. The van der Waals surface area contributed by atoms with Crippen molar-refractivity contribution in [2.24, 2.45) is 7.05 Å². The number of hydrogen-bond donors (Lipinski definition) is 0. The highest BCUT2D eigenvalue weighted by Gasteiger charge is 2.23. The first-order valence-electron chi connectivity index (χ1n) is 9.43. The average molecular weight is 456 g/mol. The van der Waals surface area contributed by atoms with E-state index in [1.807, 2.05) is 60.1 Å². The minimum absolute atomic E-state index is 0.00338. The van der Waals surface area contributed by atoms with E-state index in [2.05, 4.69) is 0 Å². The maximum absolute atomic E-state index is 13.1. The Bertz CT molecular complexity index is 1230. The highest BCUT2D eigenvalue weighted by Crippen LogP contribution is 2.35. The summed E-state index contributed by atoms with van der Waals surface area (Å²) in [4.78, 5) is 34.1. The molecule has 4 aromatic rings. The normalized spacial score (nSPS) is 12.2. The zero-order valence-electron chi connectivity index (χ0n) is 16.9. The summed E-state index contributed by atoms with van der Waals surface area (Å²) in [5.41, 5.74) is 1.93. The monoisotopic (exact) mass is 455 g/mol. The molecular formula is C22H21N3O2S3. The van der Waals surface area contributed by atoms with Gasteiger partial charge in [-0.05, 0) is 23.9 Å². The molecule has 0 aliphatic heterocycles. The van der Waals surface area contributed by atoms with E-state index in [1.54, 1.807) is 34.9 Å². The Labute approximate surface area is 187 Å². The summed E-state index contributed by atoms with van der Waals surface area (Å²) >= 11 is 4.40. The number of carbonyl (C=O) groups is 1. The van der Waals surface area contributed by atoms with Crippen LogP contribution in [0.4, 0.5) is 0 Å². The van der Waals surface area contributed by atoms with Crippen molar-refractivity contribution in [2.75, 3.05) is 7.05 Å². The molecule has 154 valence electrons. The van der Waals surface area contributed by atoms with Gasteiger partial charge in [0.2, 0.25) is 5.91 Å². The first kappa shape index (κ1) is 20.8. The van der Waals surface area contributed by atoms with Gasteiger partial charge in [-0.3, -0.25) is 14.2 Å². The van der Waals surface area contributed by atoms with Crippen LogP contribution in [-0.4, -0.2) is 32.7 Å². The molecular weight excluding hydrogens is 434 g/mol. The quantitative estimate of drug-likeness (QED) is 0.308. The number of fused-ring (bicyclic) bond motifs is 1. The van der Waals surface area contributed by atoms with Crippen molar-refractivity contribution < 1.29 is 4.79 Å². The van der Waals surface area contributed by atoms with Crippen molar-refractivity contribution in [1.82, 2.24) is 14.5 Å². The number of amides is 1. The van der Waals surface area contributed by atoms with Crippen LogP contribution in [0.15, 0.2) is 63.2 Å². The molecule has 3 heterocycles. The van der Waals surface area contributed by atoms with E-state index in [-0.39, 0.29) is 16.7 Å². The van der Waals surface area contributed by atoms with Crippen LogP contribution in [0.25, 0.3) is 20.7 Å². The fourth-order valence-corrected chi connectivity index (χ4v) is 6.02. The lowest BCUT2D eigenvalue weighted by Crippen LogP contribution is -2.33. The molecule has 0 bridgehead atoms. The Kier molecular flexibility index (Phi) is 6.08. The Balaban J connectivity index is 1.57. The second-order valence-corrected chi connectivity index (χ2v) is 10.1. The summed E-state index contributed by atoms with van der Waals surface area (Å²) < 4.78 is 1.55. The Morgan fingerprint density at radius 3 is 2.67 bits per heavy atom. The van der Waals surface area contributed by atoms with E-state index in [0.29, 0.717) is 21.9 Å². The zero-order chi connectivity index (χ0) is 21.3. The first-order valence-corrected chi connectivity index (χ1v) is 12.1. The maximum atomic E-state index is 13.1. The van der Waals surface area contributed by atoms with Crippen molar-refractivity contribution in [2.45, 2.75) is 23.9 Å². The van der Waals surface area contributed by atoms with Gasteiger partial charge in [0.05, 0.1) is 10.6 Å². The molecule has 0 saturated heterocycles. The van der Waals surface area contributed by atoms with E-state index >= 15 is 0 Å². The van der Waals surface area contributed by atoms with E-state index in [9.17, 15) is 9.59 Å². The summed E-state index contributed by atoms with van der Waals surface area (Å²) in [5.74, 6) is 0.00338. The second kappa shape index (κ2) is 8.75. The van der Waals surface area contributed by atoms with Crippen LogP contribution in [0.2, 0.25) is 0 Å². The van der Waals surface area contributed by atoms with E-state index in [4.69, 9.17) is 4.98 Å². The molecule has 0 spiro atoms. The summed E-state index contributed by atoms with van der Waals surface area (Å²) in [6.07, 6.45) is 0. The van der Waals surface area contributed by atoms with Crippen molar-refractivity contribution in [3.05, 3.63) is 69.1 Å². The molecule has 8 heteroatoms. The fourth-order valence-electron chi connectivity index (χ4n) is 3.23. The van der Waals surface area contributed by atoms with Crippen LogP contribution in [0.3, 0.4) is 0 Å². The minimum atomic E-state index is -0.356. The molecule has 1 atom stereocenters.